The SMILES string of the molecule is CC(=O)CCCN1CC2CCCC2C1. The van der Waals surface area contributed by atoms with Crippen molar-refractivity contribution in [3.63, 3.8) is 0 Å². The highest BCUT2D eigenvalue weighted by atomic mass is 16.1. The molecule has 14 heavy (non-hydrogen) atoms. The zero-order valence-corrected chi connectivity index (χ0v) is 9.17. The lowest BCUT2D eigenvalue weighted by Crippen LogP contribution is -2.23. The number of hydrogen-bond donors (Lipinski definition) is 0. The molecule has 0 bridgehead atoms. The number of nitrogens with zero attached hydrogens (tertiary/aromatic N) is 1. The average Bonchev–Trinajstić information content (AvgIpc) is 2.62. The number of fused-ring (bicyclic) bond motifs is 1. The fourth-order valence-electron chi connectivity index (χ4n) is 3.07. The minimum Gasteiger partial charge on any atom is -0.303 e. The Bertz CT molecular complexity index is 202. The van der Waals surface area contributed by atoms with E-state index in [1.165, 1.54) is 32.4 Å². The van der Waals surface area contributed by atoms with E-state index in [4.69, 9.17) is 0 Å². The Kier molecular flexibility index (Phi) is 3.22. The highest BCUT2D eigenvalue weighted by molar-refractivity contribution is 5.75. The summed E-state index contributed by atoms with van der Waals surface area (Å²) in [6.07, 6.45) is 6.19. The largest absolute Gasteiger partial charge is 0.303 e. The fourth-order valence-corrected chi connectivity index (χ4v) is 3.07. The summed E-state index contributed by atoms with van der Waals surface area (Å²) >= 11 is 0. The van der Waals surface area contributed by atoms with Crippen LogP contribution in [0, 0.1) is 11.8 Å². The number of carbonyl (C=O) groups excluding carboxylic acids is 1. The Hall–Kier alpha value is -0.370. The number of hydrogen-bond acceptors (Lipinski definition) is 2. The highest BCUT2D eigenvalue weighted by Crippen LogP contribution is 2.37. The molecule has 80 valence electrons. The lowest BCUT2D eigenvalue weighted by atomic mass is 10.0. The van der Waals surface area contributed by atoms with Crippen molar-refractivity contribution in [2.45, 2.75) is 39.0 Å². The smallest absolute Gasteiger partial charge is 0.129 e. The van der Waals surface area contributed by atoms with E-state index in [1.54, 1.807) is 6.92 Å². The van der Waals surface area contributed by atoms with Crippen LogP contribution in [0.4, 0.5) is 0 Å². The molecular weight excluding hydrogens is 174 g/mol. The summed E-state index contributed by atoms with van der Waals surface area (Å²) in [7, 11) is 0. The molecule has 2 rings (SSSR count). The number of ketones is 1. The van der Waals surface area contributed by atoms with Gasteiger partial charge in [0.25, 0.3) is 0 Å². The van der Waals surface area contributed by atoms with Crippen LogP contribution in [-0.2, 0) is 4.79 Å². The number of Topliss-reactive ketones (excluding diaryl/α,β-unsaturated/α-hetero) is 1. The Morgan fingerprint density at radius 2 is 1.93 bits per heavy atom. The zero-order chi connectivity index (χ0) is 9.97. The Labute approximate surface area is 86.7 Å². The molecular formula is C12H21NO. The van der Waals surface area contributed by atoms with Crippen molar-refractivity contribution in [2.24, 2.45) is 11.8 Å². The molecule has 1 aliphatic heterocycles. The standard InChI is InChI=1S/C12H21NO/c1-10(14)4-3-7-13-8-11-5-2-6-12(11)9-13/h11-12H,2-9H2,1H3. The quantitative estimate of drug-likeness (QED) is 0.684. The predicted molar refractivity (Wildman–Crippen MR) is 57.2 cm³/mol. The lowest BCUT2D eigenvalue weighted by Gasteiger charge is -2.15. The van der Waals surface area contributed by atoms with Gasteiger partial charge in [0.1, 0.15) is 5.78 Å². The molecule has 2 nitrogen and oxygen atoms in total. The van der Waals surface area contributed by atoms with Crippen molar-refractivity contribution in [1.82, 2.24) is 4.90 Å². The van der Waals surface area contributed by atoms with Crippen molar-refractivity contribution in [2.75, 3.05) is 19.6 Å². The summed E-state index contributed by atoms with van der Waals surface area (Å²) in [6, 6.07) is 0. The Morgan fingerprint density at radius 1 is 1.29 bits per heavy atom. The molecule has 0 aromatic heterocycles. The molecule has 1 saturated carbocycles. The van der Waals surface area contributed by atoms with Gasteiger partial charge in [-0.1, -0.05) is 6.42 Å². The van der Waals surface area contributed by atoms with Gasteiger partial charge in [-0.2, -0.15) is 0 Å². The summed E-state index contributed by atoms with van der Waals surface area (Å²) < 4.78 is 0. The van der Waals surface area contributed by atoms with Gasteiger partial charge in [0, 0.05) is 19.5 Å². The number of rotatable bonds is 4. The van der Waals surface area contributed by atoms with Crippen molar-refractivity contribution in [3.8, 4) is 0 Å². The summed E-state index contributed by atoms with van der Waals surface area (Å²) in [5, 5.41) is 0. The van der Waals surface area contributed by atoms with Gasteiger partial charge in [-0.15, -0.1) is 0 Å². The third kappa shape index (κ3) is 2.35. The van der Waals surface area contributed by atoms with Crippen LogP contribution in [0.2, 0.25) is 0 Å². The monoisotopic (exact) mass is 195 g/mol. The molecule has 0 aromatic carbocycles. The van der Waals surface area contributed by atoms with Crippen molar-refractivity contribution in [3.05, 3.63) is 0 Å². The Balaban J connectivity index is 1.66. The van der Waals surface area contributed by atoms with Crippen LogP contribution in [0.15, 0.2) is 0 Å². The maximum atomic E-state index is 10.8. The molecule has 1 heterocycles. The van der Waals surface area contributed by atoms with Crippen LogP contribution >= 0.6 is 0 Å². The van der Waals surface area contributed by atoms with E-state index in [9.17, 15) is 4.79 Å². The van der Waals surface area contributed by atoms with Crippen LogP contribution in [0.1, 0.15) is 39.0 Å². The highest BCUT2D eigenvalue weighted by Gasteiger charge is 2.35. The summed E-state index contributed by atoms with van der Waals surface area (Å²) in [4.78, 5) is 13.4. The first kappa shape index (κ1) is 10.2. The third-order valence-corrected chi connectivity index (χ3v) is 3.81. The van der Waals surface area contributed by atoms with Crippen LogP contribution in [0.25, 0.3) is 0 Å². The topological polar surface area (TPSA) is 20.3 Å². The normalized spacial score (nSPS) is 32.1. The summed E-state index contributed by atoms with van der Waals surface area (Å²) in [5.41, 5.74) is 0. The molecule has 2 aliphatic rings. The fraction of sp³-hybridized carbons (Fsp3) is 0.917. The van der Waals surface area contributed by atoms with E-state index in [2.05, 4.69) is 4.90 Å². The van der Waals surface area contributed by atoms with Crippen LogP contribution in [-0.4, -0.2) is 30.3 Å². The summed E-state index contributed by atoms with van der Waals surface area (Å²) in [5.74, 6) is 2.32. The van der Waals surface area contributed by atoms with E-state index in [-0.39, 0.29) is 0 Å². The maximum Gasteiger partial charge on any atom is 0.129 e. The second-order valence-corrected chi connectivity index (χ2v) is 5.02. The number of carbonyl (C=O) groups is 1. The molecule has 0 amide bonds. The lowest BCUT2D eigenvalue weighted by molar-refractivity contribution is -0.117. The molecule has 0 radical (unpaired) electrons. The second-order valence-electron chi connectivity index (χ2n) is 5.02. The van der Waals surface area contributed by atoms with Gasteiger partial charge < -0.3 is 9.69 Å². The van der Waals surface area contributed by atoms with E-state index in [0.29, 0.717) is 5.78 Å². The van der Waals surface area contributed by atoms with Gasteiger partial charge in [-0.25, -0.2) is 0 Å². The van der Waals surface area contributed by atoms with E-state index in [0.717, 1.165) is 31.2 Å². The molecule has 2 atom stereocenters. The molecule has 1 saturated heterocycles. The molecule has 1 aliphatic carbocycles. The molecule has 0 N–H and O–H groups in total. The zero-order valence-electron chi connectivity index (χ0n) is 9.17. The van der Waals surface area contributed by atoms with Gasteiger partial charge in [0.05, 0.1) is 0 Å². The average molecular weight is 195 g/mol. The maximum absolute atomic E-state index is 10.8. The van der Waals surface area contributed by atoms with Gasteiger partial charge in [-0.3, -0.25) is 0 Å². The van der Waals surface area contributed by atoms with E-state index >= 15 is 0 Å². The van der Waals surface area contributed by atoms with E-state index < -0.39 is 0 Å². The van der Waals surface area contributed by atoms with Crippen molar-refractivity contribution >= 4 is 5.78 Å². The van der Waals surface area contributed by atoms with Gasteiger partial charge in [0.15, 0.2) is 0 Å². The van der Waals surface area contributed by atoms with Gasteiger partial charge in [0.2, 0.25) is 0 Å². The van der Waals surface area contributed by atoms with Gasteiger partial charge >= 0.3 is 0 Å². The van der Waals surface area contributed by atoms with Crippen LogP contribution in [0.5, 0.6) is 0 Å². The van der Waals surface area contributed by atoms with Gasteiger partial charge in [-0.05, 0) is 44.6 Å². The van der Waals surface area contributed by atoms with Crippen molar-refractivity contribution in [1.29, 1.82) is 0 Å². The minimum absolute atomic E-state index is 0.337. The predicted octanol–water partition coefficient (Wildman–Crippen LogP) is 2.09. The Morgan fingerprint density at radius 3 is 2.50 bits per heavy atom. The minimum atomic E-state index is 0.337. The molecule has 0 spiro atoms. The number of likely N-dealkylation sites (tertiary alicyclic amines) is 1. The molecule has 2 heteroatoms. The molecule has 0 aromatic rings. The first-order chi connectivity index (χ1) is 6.75. The van der Waals surface area contributed by atoms with Crippen molar-refractivity contribution < 1.29 is 4.79 Å². The molecule has 2 fully saturated rings. The van der Waals surface area contributed by atoms with E-state index in [1.807, 2.05) is 0 Å². The van der Waals surface area contributed by atoms with Crippen LogP contribution in [0.3, 0.4) is 0 Å². The summed E-state index contributed by atoms with van der Waals surface area (Å²) in [6.45, 7) is 5.45. The second kappa shape index (κ2) is 4.43. The van der Waals surface area contributed by atoms with Crippen LogP contribution < -0.4 is 0 Å². The first-order valence-electron chi connectivity index (χ1n) is 5.97. The third-order valence-electron chi connectivity index (χ3n) is 3.81. The molecule has 2 unspecified atom stereocenters. The first-order valence-corrected chi connectivity index (χ1v) is 5.97.